The molecule has 0 aromatic heterocycles. The molecule has 0 saturated heterocycles. The monoisotopic (exact) mass is 310 g/mol. The molecule has 2 unspecified atom stereocenters. The molecule has 8 nitrogen and oxygen atoms in total. The zero-order valence-corrected chi connectivity index (χ0v) is 13.6. The minimum atomic E-state index is -1.55. The number of hydrogen-bond acceptors (Lipinski definition) is 7. The fourth-order valence-electron chi connectivity index (χ4n) is 4.28. The topological polar surface area (TPSA) is 123 Å². The molecular formula is C14H26N6O2. The van der Waals surface area contributed by atoms with Gasteiger partial charge in [0.25, 0.3) is 0 Å². The first-order valence-corrected chi connectivity index (χ1v) is 7.70. The van der Waals surface area contributed by atoms with Crippen LogP contribution in [0.25, 0.3) is 0 Å². The van der Waals surface area contributed by atoms with Crippen molar-refractivity contribution in [1.29, 1.82) is 0 Å². The third-order valence-electron chi connectivity index (χ3n) is 4.96. The van der Waals surface area contributed by atoms with Crippen molar-refractivity contribution >= 4 is 11.5 Å². The Labute approximate surface area is 130 Å². The van der Waals surface area contributed by atoms with E-state index in [2.05, 4.69) is 9.98 Å². The van der Waals surface area contributed by atoms with Crippen LogP contribution in [0.15, 0.2) is 9.98 Å². The smallest absolute Gasteiger partial charge is 0.321 e. The first-order chi connectivity index (χ1) is 10.3. The minimum Gasteiger partial charge on any atom is -0.381 e. The summed E-state index contributed by atoms with van der Waals surface area (Å²) in [6.07, 6.45) is 3.64. The van der Waals surface area contributed by atoms with Crippen molar-refractivity contribution in [2.45, 2.75) is 50.9 Å². The van der Waals surface area contributed by atoms with Crippen LogP contribution in [-0.4, -0.2) is 53.8 Å². The molecule has 1 heterocycles. The van der Waals surface area contributed by atoms with E-state index in [1.807, 2.05) is 19.0 Å². The summed E-state index contributed by atoms with van der Waals surface area (Å²) in [5.41, 5.74) is 10.1. The second-order valence-electron chi connectivity index (χ2n) is 6.69. The van der Waals surface area contributed by atoms with E-state index in [9.17, 15) is 10.1 Å². The van der Waals surface area contributed by atoms with Gasteiger partial charge >= 0.3 is 5.54 Å². The van der Waals surface area contributed by atoms with Gasteiger partial charge in [-0.3, -0.25) is 15.8 Å². The van der Waals surface area contributed by atoms with Gasteiger partial charge in [-0.2, -0.15) is 0 Å². The molecule has 0 spiro atoms. The Bertz CT molecular complexity index is 487. The Balaban J connectivity index is 2.64. The molecule has 2 atom stereocenters. The third kappa shape index (κ3) is 2.40. The van der Waals surface area contributed by atoms with Crippen LogP contribution in [0, 0.1) is 15.5 Å². The van der Waals surface area contributed by atoms with Gasteiger partial charge in [0.1, 0.15) is 0 Å². The maximum atomic E-state index is 12.2. The van der Waals surface area contributed by atoms with Crippen molar-refractivity contribution in [2.75, 3.05) is 20.6 Å². The highest BCUT2D eigenvalue weighted by molar-refractivity contribution is 6.14. The number of hydrogen-bond donors (Lipinski definition) is 2. The normalized spacial score (nSPS) is 31.6. The van der Waals surface area contributed by atoms with Crippen molar-refractivity contribution in [1.82, 2.24) is 4.90 Å². The number of nitrogens with zero attached hydrogens (tertiary/aromatic N) is 4. The Morgan fingerprint density at radius 2 is 1.91 bits per heavy atom. The van der Waals surface area contributed by atoms with Crippen LogP contribution in [0.4, 0.5) is 0 Å². The molecule has 2 rings (SSSR count). The first kappa shape index (κ1) is 16.8. The fraction of sp³-hybridized carbons (Fsp3) is 0.857. The maximum Gasteiger partial charge on any atom is 0.321 e. The number of amidine groups is 1. The molecule has 124 valence electrons. The highest BCUT2D eigenvalue weighted by Crippen LogP contribution is 2.48. The molecule has 1 aliphatic carbocycles. The van der Waals surface area contributed by atoms with E-state index in [1.54, 1.807) is 6.92 Å². The summed E-state index contributed by atoms with van der Waals surface area (Å²) in [4.78, 5) is 22.2. The Hall–Kier alpha value is -1.54. The molecule has 4 N–H and O–H groups in total. The SMILES string of the molecule is CC1=NC(N)N=C(N)C1([N+](=O)[O-])C1(CN(C)C)CCCCC1. The van der Waals surface area contributed by atoms with Crippen LogP contribution in [0.5, 0.6) is 0 Å². The van der Waals surface area contributed by atoms with Crippen LogP contribution in [0.2, 0.25) is 0 Å². The van der Waals surface area contributed by atoms with Gasteiger partial charge in [0.05, 0.1) is 11.1 Å². The number of aliphatic imine (C=N–C) groups is 2. The van der Waals surface area contributed by atoms with E-state index >= 15 is 0 Å². The predicted molar refractivity (Wildman–Crippen MR) is 86.5 cm³/mol. The fourth-order valence-corrected chi connectivity index (χ4v) is 4.28. The summed E-state index contributed by atoms with van der Waals surface area (Å²) >= 11 is 0. The van der Waals surface area contributed by atoms with Crippen LogP contribution in [-0.2, 0) is 0 Å². The van der Waals surface area contributed by atoms with E-state index in [0.717, 1.165) is 32.1 Å². The third-order valence-corrected chi connectivity index (χ3v) is 4.96. The standard InChI is InChI=1S/C14H26N6O2/c1-10-14(20(21)22,11(15)18-12(16)17-10)13(9-19(2)3)7-5-4-6-8-13/h12H,4-9,16H2,1-3H3,(H2,15,18). The van der Waals surface area contributed by atoms with Crippen molar-refractivity contribution in [3.8, 4) is 0 Å². The van der Waals surface area contributed by atoms with Gasteiger partial charge in [-0.25, -0.2) is 9.98 Å². The maximum absolute atomic E-state index is 12.2. The minimum absolute atomic E-state index is 0.00116. The van der Waals surface area contributed by atoms with E-state index in [1.165, 1.54) is 0 Å². The summed E-state index contributed by atoms with van der Waals surface area (Å²) in [6.45, 7) is 2.24. The zero-order valence-electron chi connectivity index (χ0n) is 13.6. The molecule has 1 aliphatic heterocycles. The summed E-state index contributed by atoms with van der Waals surface area (Å²) in [6, 6.07) is 0. The lowest BCUT2D eigenvalue weighted by Crippen LogP contribution is -2.70. The number of rotatable bonds is 4. The van der Waals surface area contributed by atoms with Crippen molar-refractivity contribution in [2.24, 2.45) is 26.9 Å². The van der Waals surface area contributed by atoms with Crippen LogP contribution < -0.4 is 11.5 Å². The van der Waals surface area contributed by atoms with Gasteiger partial charge in [-0.1, -0.05) is 19.3 Å². The van der Waals surface area contributed by atoms with Gasteiger partial charge < -0.3 is 10.6 Å². The van der Waals surface area contributed by atoms with Crippen LogP contribution in [0.1, 0.15) is 39.0 Å². The second-order valence-corrected chi connectivity index (χ2v) is 6.69. The highest BCUT2D eigenvalue weighted by Gasteiger charge is 2.67. The number of nitrogens with two attached hydrogens (primary N) is 2. The molecule has 1 fully saturated rings. The van der Waals surface area contributed by atoms with Crippen LogP contribution >= 0.6 is 0 Å². The lowest BCUT2D eigenvalue weighted by molar-refractivity contribution is -0.549. The molecule has 8 heteroatoms. The van der Waals surface area contributed by atoms with Gasteiger partial charge in [0.2, 0.25) is 0 Å². The molecule has 0 aromatic carbocycles. The van der Waals surface area contributed by atoms with Gasteiger partial charge in [0, 0.05) is 11.5 Å². The van der Waals surface area contributed by atoms with Crippen molar-refractivity contribution in [3.05, 3.63) is 10.1 Å². The molecule has 0 amide bonds. The molecule has 1 saturated carbocycles. The second kappa shape index (κ2) is 5.92. The average molecular weight is 310 g/mol. The summed E-state index contributed by atoms with van der Waals surface area (Å²) in [5.74, 6) is 0.00116. The summed E-state index contributed by atoms with van der Waals surface area (Å²) in [5, 5.41) is 12.2. The van der Waals surface area contributed by atoms with Gasteiger partial charge in [-0.05, 0) is 33.9 Å². The Morgan fingerprint density at radius 1 is 1.32 bits per heavy atom. The van der Waals surface area contributed by atoms with E-state index in [-0.39, 0.29) is 10.8 Å². The molecule has 0 bridgehead atoms. The molecule has 0 radical (unpaired) electrons. The largest absolute Gasteiger partial charge is 0.381 e. The van der Waals surface area contributed by atoms with E-state index in [4.69, 9.17) is 11.5 Å². The Morgan fingerprint density at radius 3 is 2.36 bits per heavy atom. The van der Waals surface area contributed by atoms with E-state index < -0.39 is 17.2 Å². The van der Waals surface area contributed by atoms with Gasteiger partial charge in [0.15, 0.2) is 12.1 Å². The summed E-state index contributed by atoms with van der Waals surface area (Å²) < 4.78 is 0. The first-order valence-electron chi connectivity index (χ1n) is 7.70. The molecule has 0 aromatic rings. The lowest BCUT2D eigenvalue weighted by Gasteiger charge is -2.48. The Kier molecular flexibility index (Phi) is 4.53. The summed E-state index contributed by atoms with van der Waals surface area (Å²) in [7, 11) is 3.86. The average Bonchev–Trinajstić information content (AvgIpc) is 2.37. The van der Waals surface area contributed by atoms with E-state index in [0.29, 0.717) is 12.3 Å². The molecular weight excluding hydrogens is 284 g/mol. The predicted octanol–water partition coefficient (Wildman–Crippen LogP) is 0.588. The van der Waals surface area contributed by atoms with Crippen LogP contribution in [0.3, 0.4) is 0 Å². The highest BCUT2D eigenvalue weighted by atomic mass is 16.6. The van der Waals surface area contributed by atoms with Crippen molar-refractivity contribution in [3.63, 3.8) is 0 Å². The van der Waals surface area contributed by atoms with Crippen molar-refractivity contribution < 1.29 is 4.92 Å². The molecule has 22 heavy (non-hydrogen) atoms. The quantitative estimate of drug-likeness (QED) is 0.581. The lowest BCUT2D eigenvalue weighted by atomic mass is 9.58. The number of nitro groups is 1. The molecule has 2 aliphatic rings. The zero-order chi connectivity index (χ0) is 16.5. The van der Waals surface area contributed by atoms with Gasteiger partial charge in [-0.15, -0.1) is 0 Å².